The fourth-order valence-corrected chi connectivity index (χ4v) is 2.62. The molecule has 0 aromatic heterocycles. The fraction of sp³-hybridized carbons (Fsp3) is 0.500. The summed E-state index contributed by atoms with van der Waals surface area (Å²) in [6, 6.07) is 9.19. The topological polar surface area (TPSA) is 41.1 Å². The lowest BCUT2D eigenvalue weighted by Crippen LogP contribution is -2.27. The number of carbonyl (C=O) groups excluding carboxylic acids is 1. The molecule has 0 spiro atoms. The van der Waals surface area contributed by atoms with Gasteiger partial charge in [0.15, 0.2) is 0 Å². The first kappa shape index (κ1) is 13.4. The van der Waals surface area contributed by atoms with Crippen molar-refractivity contribution in [3.8, 4) is 0 Å². The van der Waals surface area contributed by atoms with Gasteiger partial charge in [0.05, 0.1) is 5.25 Å². The molecule has 1 aromatic carbocycles. The van der Waals surface area contributed by atoms with Crippen LogP contribution in [0.25, 0.3) is 0 Å². The summed E-state index contributed by atoms with van der Waals surface area (Å²) in [6.45, 7) is 2.87. The number of amides is 1. The Hall–Kier alpha value is -1.00. The molecule has 2 N–H and O–H groups in total. The third kappa shape index (κ3) is 4.03. The van der Waals surface area contributed by atoms with Gasteiger partial charge in [-0.2, -0.15) is 0 Å². The van der Waals surface area contributed by atoms with Gasteiger partial charge in [0.2, 0.25) is 5.91 Å². The second-order valence-corrected chi connectivity index (χ2v) is 6.09. The molecule has 0 saturated heterocycles. The van der Waals surface area contributed by atoms with Crippen molar-refractivity contribution in [3.05, 3.63) is 29.8 Å². The van der Waals surface area contributed by atoms with Crippen LogP contribution in [0.2, 0.25) is 0 Å². The summed E-state index contributed by atoms with van der Waals surface area (Å²) in [5, 5.41) is 6.11. The van der Waals surface area contributed by atoms with E-state index in [9.17, 15) is 4.79 Å². The SMILES string of the molecule is CNC(=O)C(C)Sc1ccc(CNC2CC2)cc1. The van der Waals surface area contributed by atoms with Crippen LogP contribution in [0.1, 0.15) is 25.3 Å². The molecule has 18 heavy (non-hydrogen) atoms. The van der Waals surface area contributed by atoms with Crippen molar-refractivity contribution >= 4 is 17.7 Å². The molecule has 0 bridgehead atoms. The van der Waals surface area contributed by atoms with Crippen molar-refractivity contribution < 1.29 is 4.79 Å². The number of thioether (sulfide) groups is 1. The average molecular weight is 264 g/mol. The lowest BCUT2D eigenvalue weighted by atomic mass is 10.2. The highest BCUT2D eigenvalue weighted by atomic mass is 32.2. The first-order chi connectivity index (χ1) is 8.69. The van der Waals surface area contributed by atoms with Gasteiger partial charge in [-0.25, -0.2) is 0 Å². The minimum absolute atomic E-state index is 0.0505. The first-order valence-electron chi connectivity index (χ1n) is 6.39. The molecule has 1 unspecified atom stereocenters. The third-order valence-corrected chi connectivity index (χ3v) is 4.14. The van der Waals surface area contributed by atoms with Crippen LogP contribution in [-0.4, -0.2) is 24.2 Å². The molecule has 0 aliphatic heterocycles. The first-order valence-corrected chi connectivity index (χ1v) is 7.27. The molecule has 3 nitrogen and oxygen atoms in total. The Bertz CT molecular complexity index is 401. The molecule has 1 atom stereocenters. The van der Waals surface area contributed by atoms with Crippen LogP contribution in [0.15, 0.2) is 29.2 Å². The molecule has 0 radical (unpaired) electrons. The van der Waals surface area contributed by atoms with Crippen LogP contribution in [0.5, 0.6) is 0 Å². The van der Waals surface area contributed by atoms with Crippen molar-refractivity contribution in [2.45, 2.75) is 42.5 Å². The molecule has 4 heteroatoms. The van der Waals surface area contributed by atoms with Crippen molar-refractivity contribution in [1.82, 2.24) is 10.6 Å². The second-order valence-electron chi connectivity index (χ2n) is 4.67. The molecule has 2 rings (SSSR count). The summed E-state index contributed by atoms with van der Waals surface area (Å²) in [5.41, 5.74) is 1.30. The molecule has 1 aliphatic carbocycles. The quantitative estimate of drug-likeness (QED) is 0.774. The van der Waals surface area contributed by atoms with Gasteiger partial charge in [-0.15, -0.1) is 11.8 Å². The van der Waals surface area contributed by atoms with Gasteiger partial charge in [0.25, 0.3) is 0 Å². The van der Waals surface area contributed by atoms with Crippen molar-refractivity contribution in [2.24, 2.45) is 0 Å². The van der Waals surface area contributed by atoms with Crippen LogP contribution < -0.4 is 10.6 Å². The molecular formula is C14H20N2OS. The van der Waals surface area contributed by atoms with E-state index < -0.39 is 0 Å². The van der Waals surface area contributed by atoms with Crippen LogP contribution >= 0.6 is 11.8 Å². The Labute approximate surface area is 113 Å². The summed E-state index contributed by atoms with van der Waals surface area (Å²) in [4.78, 5) is 12.6. The number of hydrogen-bond donors (Lipinski definition) is 2. The molecule has 1 amide bonds. The maximum Gasteiger partial charge on any atom is 0.232 e. The maximum atomic E-state index is 11.4. The van der Waals surface area contributed by atoms with Gasteiger partial charge in [-0.1, -0.05) is 12.1 Å². The van der Waals surface area contributed by atoms with Crippen molar-refractivity contribution in [2.75, 3.05) is 7.05 Å². The van der Waals surface area contributed by atoms with Crippen LogP contribution in [-0.2, 0) is 11.3 Å². The van der Waals surface area contributed by atoms with E-state index in [1.54, 1.807) is 18.8 Å². The Balaban J connectivity index is 1.84. The standard InChI is InChI=1S/C14H20N2OS/c1-10(14(17)15-2)18-13-7-3-11(4-8-13)9-16-12-5-6-12/h3-4,7-8,10,12,16H,5-6,9H2,1-2H3,(H,15,17). The van der Waals surface area contributed by atoms with Crippen molar-refractivity contribution in [1.29, 1.82) is 0 Å². The van der Waals surface area contributed by atoms with Crippen LogP contribution in [0, 0.1) is 0 Å². The summed E-state index contributed by atoms with van der Waals surface area (Å²) >= 11 is 1.59. The monoisotopic (exact) mass is 264 g/mol. The molecule has 1 saturated carbocycles. The lowest BCUT2D eigenvalue weighted by molar-refractivity contribution is -0.119. The number of carbonyl (C=O) groups is 1. The largest absolute Gasteiger partial charge is 0.358 e. The van der Waals surface area contributed by atoms with Gasteiger partial charge in [0, 0.05) is 24.5 Å². The number of hydrogen-bond acceptors (Lipinski definition) is 3. The summed E-state index contributed by atoms with van der Waals surface area (Å²) in [6.07, 6.45) is 2.63. The minimum Gasteiger partial charge on any atom is -0.358 e. The van der Waals surface area contributed by atoms with Crippen LogP contribution in [0.4, 0.5) is 0 Å². The van der Waals surface area contributed by atoms with E-state index in [1.165, 1.54) is 18.4 Å². The van der Waals surface area contributed by atoms with Gasteiger partial charge >= 0.3 is 0 Å². The average Bonchev–Trinajstić information content (AvgIpc) is 3.21. The molecule has 1 aromatic rings. The predicted octanol–water partition coefficient (Wildman–Crippen LogP) is 2.17. The van der Waals surface area contributed by atoms with E-state index in [1.807, 2.05) is 6.92 Å². The maximum absolute atomic E-state index is 11.4. The Morgan fingerprint density at radius 1 is 1.39 bits per heavy atom. The van der Waals surface area contributed by atoms with Gasteiger partial charge in [0.1, 0.15) is 0 Å². The highest BCUT2D eigenvalue weighted by molar-refractivity contribution is 8.00. The van der Waals surface area contributed by atoms with E-state index in [0.29, 0.717) is 0 Å². The molecule has 1 fully saturated rings. The third-order valence-electron chi connectivity index (χ3n) is 3.02. The molecular weight excluding hydrogens is 244 g/mol. The van der Waals surface area contributed by atoms with E-state index in [-0.39, 0.29) is 11.2 Å². The molecule has 1 aliphatic rings. The zero-order chi connectivity index (χ0) is 13.0. The van der Waals surface area contributed by atoms with E-state index in [4.69, 9.17) is 0 Å². The Morgan fingerprint density at radius 3 is 2.61 bits per heavy atom. The van der Waals surface area contributed by atoms with Crippen molar-refractivity contribution in [3.63, 3.8) is 0 Å². The highest BCUT2D eigenvalue weighted by Crippen LogP contribution is 2.24. The minimum atomic E-state index is -0.0505. The highest BCUT2D eigenvalue weighted by Gasteiger charge is 2.19. The molecule has 98 valence electrons. The summed E-state index contributed by atoms with van der Waals surface area (Å²) < 4.78 is 0. The fourth-order valence-electron chi connectivity index (χ4n) is 1.70. The zero-order valence-electron chi connectivity index (χ0n) is 10.9. The van der Waals surface area contributed by atoms with E-state index >= 15 is 0 Å². The molecule has 0 heterocycles. The number of benzene rings is 1. The zero-order valence-corrected chi connectivity index (χ0v) is 11.7. The van der Waals surface area contributed by atoms with Gasteiger partial charge in [-0.05, 0) is 37.5 Å². The normalized spacial score (nSPS) is 16.3. The smallest absolute Gasteiger partial charge is 0.232 e. The van der Waals surface area contributed by atoms with E-state index in [2.05, 4.69) is 34.9 Å². The Morgan fingerprint density at radius 2 is 2.06 bits per heavy atom. The van der Waals surface area contributed by atoms with E-state index in [0.717, 1.165) is 17.5 Å². The van der Waals surface area contributed by atoms with Crippen LogP contribution in [0.3, 0.4) is 0 Å². The van der Waals surface area contributed by atoms with Gasteiger partial charge < -0.3 is 10.6 Å². The van der Waals surface area contributed by atoms with Gasteiger partial charge in [-0.3, -0.25) is 4.79 Å². The Kier molecular flexibility index (Phi) is 4.66. The lowest BCUT2D eigenvalue weighted by Gasteiger charge is -2.10. The number of nitrogens with one attached hydrogen (secondary N) is 2. The number of rotatable bonds is 6. The second kappa shape index (κ2) is 6.25. The summed E-state index contributed by atoms with van der Waals surface area (Å²) in [5.74, 6) is 0.0690. The summed E-state index contributed by atoms with van der Waals surface area (Å²) in [7, 11) is 1.67. The predicted molar refractivity (Wildman–Crippen MR) is 75.7 cm³/mol.